The Morgan fingerprint density at radius 1 is 1.38 bits per heavy atom. The summed E-state index contributed by atoms with van der Waals surface area (Å²) in [5.74, 6) is 1.59. The van der Waals surface area contributed by atoms with E-state index in [1.165, 1.54) is 6.33 Å². The molecule has 2 aromatic heterocycles. The molecule has 0 saturated carbocycles. The largest absolute Gasteiger partial charge is 0.496 e. The minimum Gasteiger partial charge on any atom is -0.496 e. The van der Waals surface area contributed by atoms with Crippen LogP contribution < -0.4 is 10.1 Å². The minimum atomic E-state index is -0.155. The molecule has 152 valence electrons. The number of ether oxygens (including phenoxy) is 1. The molecule has 3 heterocycles. The quantitative estimate of drug-likeness (QED) is 0.663. The van der Waals surface area contributed by atoms with Crippen molar-refractivity contribution in [1.29, 1.82) is 0 Å². The Kier molecular flexibility index (Phi) is 5.04. The van der Waals surface area contributed by atoms with Gasteiger partial charge in [0.25, 0.3) is 0 Å². The van der Waals surface area contributed by atoms with Crippen molar-refractivity contribution in [3.05, 3.63) is 40.4 Å². The molecule has 1 aliphatic heterocycles. The van der Waals surface area contributed by atoms with Gasteiger partial charge in [-0.3, -0.25) is 4.79 Å². The number of H-pyrrole nitrogens is 1. The zero-order chi connectivity index (χ0) is 20.7. The van der Waals surface area contributed by atoms with Crippen molar-refractivity contribution in [3.8, 4) is 5.75 Å². The van der Waals surface area contributed by atoms with Crippen molar-refractivity contribution in [2.45, 2.75) is 32.2 Å². The molecule has 0 radical (unpaired) electrons. The zero-order valence-electron chi connectivity index (χ0n) is 16.8. The number of fused-ring (bicyclic) bond motifs is 1. The molecule has 2 unspecified atom stereocenters. The standard InChI is InChI=1S/C20H23ClN6O2/c1-10-14(21)6-13(18(29-4)16(10)12-5-15(28)27(3)7-12)11(2)26-20-17-19(23-8-22-17)24-9-25-20/h6,8-9,11-12H,5,7H2,1-4H3,(H2,22,23,24,25,26). The van der Waals surface area contributed by atoms with Gasteiger partial charge in [0, 0.05) is 42.1 Å². The Labute approximate surface area is 173 Å². The maximum Gasteiger partial charge on any atom is 0.223 e. The molecule has 29 heavy (non-hydrogen) atoms. The second-order valence-corrected chi connectivity index (χ2v) is 7.79. The molecule has 1 aliphatic rings. The fourth-order valence-electron chi connectivity index (χ4n) is 4.02. The summed E-state index contributed by atoms with van der Waals surface area (Å²) in [7, 11) is 3.48. The van der Waals surface area contributed by atoms with E-state index in [1.54, 1.807) is 18.3 Å². The molecule has 1 amide bonds. The summed E-state index contributed by atoms with van der Waals surface area (Å²) in [4.78, 5) is 29.6. The van der Waals surface area contributed by atoms with Crippen LogP contribution in [0.3, 0.4) is 0 Å². The molecule has 1 fully saturated rings. The highest BCUT2D eigenvalue weighted by Gasteiger charge is 2.33. The molecule has 9 heteroatoms. The number of imidazole rings is 1. The van der Waals surface area contributed by atoms with Crippen molar-refractivity contribution < 1.29 is 9.53 Å². The average Bonchev–Trinajstić information content (AvgIpc) is 3.30. The number of amides is 1. The first-order valence-corrected chi connectivity index (χ1v) is 9.80. The van der Waals surface area contributed by atoms with Crippen LogP contribution in [0.5, 0.6) is 5.75 Å². The van der Waals surface area contributed by atoms with Crippen LogP contribution in [0.4, 0.5) is 5.82 Å². The average molecular weight is 415 g/mol. The van der Waals surface area contributed by atoms with Crippen LogP contribution in [0.25, 0.3) is 11.2 Å². The van der Waals surface area contributed by atoms with Gasteiger partial charge in [0.2, 0.25) is 5.91 Å². The highest BCUT2D eigenvalue weighted by atomic mass is 35.5. The van der Waals surface area contributed by atoms with Gasteiger partial charge in [-0.1, -0.05) is 11.6 Å². The number of aromatic amines is 1. The number of hydrogen-bond donors (Lipinski definition) is 2. The predicted molar refractivity (Wildman–Crippen MR) is 111 cm³/mol. The van der Waals surface area contributed by atoms with E-state index >= 15 is 0 Å². The maximum absolute atomic E-state index is 12.1. The number of methoxy groups -OCH3 is 1. The maximum atomic E-state index is 12.1. The molecule has 4 rings (SSSR count). The van der Waals surface area contributed by atoms with Gasteiger partial charge in [-0.05, 0) is 25.5 Å². The van der Waals surface area contributed by atoms with Crippen LogP contribution >= 0.6 is 11.6 Å². The van der Waals surface area contributed by atoms with E-state index in [-0.39, 0.29) is 17.9 Å². The SMILES string of the molecule is COc1c(C(C)Nc2ncnc3nc[nH]c23)cc(Cl)c(C)c1C1CC(=O)N(C)C1. The van der Waals surface area contributed by atoms with E-state index in [9.17, 15) is 4.79 Å². The Bertz CT molecular complexity index is 1080. The smallest absolute Gasteiger partial charge is 0.223 e. The number of anilines is 1. The van der Waals surface area contributed by atoms with Crippen LogP contribution in [-0.2, 0) is 4.79 Å². The van der Waals surface area contributed by atoms with Crippen molar-refractivity contribution in [1.82, 2.24) is 24.8 Å². The van der Waals surface area contributed by atoms with Crippen LogP contribution in [0.1, 0.15) is 42.0 Å². The number of nitrogens with one attached hydrogen (secondary N) is 2. The number of aromatic nitrogens is 4. The number of nitrogens with zero attached hydrogens (tertiary/aromatic N) is 4. The Morgan fingerprint density at radius 3 is 2.86 bits per heavy atom. The molecule has 1 saturated heterocycles. The first-order chi connectivity index (χ1) is 13.9. The van der Waals surface area contributed by atoms with Crippen LogP contribution in [0.2, 0.25) is 5.02 Å². The van der Waals surface area contributed by atoms with Crippen LogP contribution in [-0.4, -0.2) is 51.4 Å². The van der Waals surface area contributed by atoms with Gasteiger partial charge in [0.15, 0.2) is 11.5 Å². The number of halogens is 1. The molecule has 0 aliphatic carbocycles. The summed E-state index contributed by atoms with van der Waals surface area (Å²) >= 11 is 6.60. The number of likely N-dealkylation sites (tertiary alicyclic amines) is 1. The summed E-state index contributed by atoms with van der Waals surface area (Å²) in [5.41, 5.74) is 4.18. The van der Waals surface area contributed by atoms with E-state index < -0.39 is 0 Å². The number of carbonyl (C=O) groups is 1. The first kappa shape index (κ1) is 19.4. The summed E-state index contributed by atoms with van der Waals surface area (Å²) in [6, 6.07) is 1.76. The van der Waals surface area contributed by atoms with Gasteiger partial charge in [-0.15, -0.1) is 0 Å². The zero-order valence-corrected chi connectivity index (χ0v) is 17.5. The Hall–Kier alpha value is -2.87. The van der Waals surface area contributed by atoms with E-state index in [0.717, 1.165) is 28.0 Å². The molecular formula is C20H23ClN6O2. The van der Waals surface area contributed by atoms with E-state index in [0.29, 0.717) is 29.5 Å². The Morgan fingerprint density at radius 2 is 2.17 bits per heavy atom. The highest BCUT2D eigenvalue weighted by Crippen LogP contribution is 2.43. The van der Waals surface area contributed by atoms with E-state index in [4.69, 9.17) is 16.3 Å². The van der Waals surface area contributed by atoms with Gasteiger partial charge in [0.1, 0.15) is 17.6 Å². The molecule has 2 atom stereocenters. The third kappa shape index (κ3) is 3.37. The predicted octanol–water partition coefficient (Wildman–Crippen LogP) is 3.44. The van der Waals surface area contributed by atoms with Crippen molar-refractivity contribution in [2.75, 3.05) is 26.0 Å². The lowest BCUT2D eigenvalue weighted by molar-refractivity contribution is -0.126. The van der Waals surface area contributed by atoms with Gasteiger partial charge in [-0.2, -0.15) is 0 Å². The third-order valence-electron chi connectivity index (χ3n) is 5.55. The van der Waals surface area contributed by atoms with Crippen molar-refractivity contribution in [2.24, 2.45) is 0 Å². The summed E-state index contributed by atoms with van der Waals surface area (Å²) in [6.07, 6.45) is 3.52. The number of rotatable bonds is 5. The molecule has 0 spiro atoms. The molecule has 1 aromatic carbocycles. The van der Waals surface area contributed by atoms with Gasteiger partial charge in [-0.25, -0.2) is 15.0 Å². The molecular weight excluding hydrogens is 392 g/mol. The lowest BCUT2D eigenvalue weighted by Crippen LogP contribution is -2.19. The van der Waals surface area contributed by atoms with Crippen molar-refractivity contribution >= 4 is 34.5 Å². The molecule has 0 bridgehead atoms. The number of benzene rings is 1. The second kappa shape index (κ2) is 7.51. The minimum absolute atomic E-state index is 0.0467. The van der Waals surface area contributed by atoms with E-state index in [1.807, 2.05) is 27.0 Å². The monoisotopic (exact) mass is 414 g/mol. The number of carbonyl (C=O) groups excluding carboxylic acids is 1. The highest BCUT2D eigenvalue weighted by molar-refractivity contribution is 6.31. The second-order valence-electron chi connectivity index (χ2n) is 7.38. The molecule has 2 N–H and O–H groups in total. The summed E-state index contributed by atoms with van der Waals surface area (Å²) in [6.45, 7) is 4.64. The lowest BCUT2D eigenvalue weighted by atomic mass is 9.89. The van der Waals surface area contributed by atoms with Crippen LogP contribution in [0.15, 0.2) is 18.7 Å². The fraction of sp³-hybridized carbons (Fsp3) is 0.400. The normalized spacial score (nSPS) is 17.8. The topological polar surface area (TPSA) is 96.0 Å². The Balaban J connectivity index is 1.75. The lowest BCUT2D eigenvalue weighted by Gasteiger charge is -2.25. The fourth-order valence-corrected chi connectivity index (χ4v) is 4.24. The van der Waals surface area contributed by atoms with Crippen LogP contribution in [0, 0.1) is 6.92 Å². The number of hydrogen-bond acceptors (Lipinski definition) is 6. The molecule has 3 aromatic rings. The van der Waals surface area contributed by atoms with Gasteiger partial charge >= 0.3 is 0 Å². The first-order valence-electron chi connectivity index (χ1n) is 9.42. The summed E-state index contributed by atoms with van der Waals surface area (Å²) < 4.78 is 5.85. The number of likely N-dealkylation sites (N-methyl/N-ethyl adjacent to an activating group) is 1. The van der Waals surface area contributed by atoms with Gasteiger partial charge in [0.05, 0.1) is 19.5 Å². The van der Waals surface area contributed by atoms with Crippen molar-refractivity contribution in [3.63, 3.8) is 0 Å². The van der Waals surface area contributed by atoms with E-state index in [2.05, 4.69) is 25.3 Å². The van der Waals surface area contributed by atoms with Gasteiger partial charge < -0.3 is 19.9 Å². The third-order valence-corrected chi connectivity index (χ3v) is 5.94. The summed E-state index contributed by atoms with van der Waals surface area (Å²) in [5, 5.41) is 4.06. The molecule has 8 nitrogen and oxygen atoms in total.